The number of benzene rings is 2. The van der Waals surface area contributed by atoms with Gasteiger partial charge in [-0.05, 0) is 42.0 Å². The van der Waals surface area contributed by atoms with E-state index in [1.165, 1.54) is 12.1 Å². The first-order valence-electron chi connectivity index (χ1n) is 5.77. The fourth-order valence-corrected chi connectivity index (χ4v) is 2.35. The van der Waals surface area contributed by atoms with Crippen LogP contribution in [0.2, 0.25) is 5.02 Å². The average molecular weight is 318 g/mol. The molecule has 0 aliphatic heterocycles. The van der Waals surface area contributed by atoms with Gasteiger partial charge in [-0.1, -0.05) is 29.4 Å². The molecule has 0 aromatic heterocycles. The van der Waals surface area contributed by atoms with E-state index >= 15 is 0 Å². The molecule has 2 aromatic rings. The first-order valence-corrected chi connectivity index (χ1v) is 7.03. The molecule has 0 aliphatic carbocycles. The average Bonchev–Trinajstić information content (AvgIpc) is 2.39. The highest BCUT2D eigenvalue weighted by atomic mass is 35.5. The zero-order chi connectivity index (χ0) is 14.5. The second-order valence-corrected chi connectivity index (χ2v) is 5.46. The van der Waals surface area contributed by atoms with E-state index in [2.05, 4.69) is 5.32 Å². The number of nitrogens with one attached hydrogen (secondary N) is 1. The zero-order valence-electron chi connectivity index (χ0n) is 10.2. The van der Waals surface area contributed by atoms with Gasteiger partial charge in [-0.25, -0.2) is 4.39 Å². The molecule has 0 amide bonds. The lowest BCUT2D eigenvalue weighted by atomic mass is 10.2. The minimum Gasteiger partial charge on any atom is -0.381 e. The summed E-state index contributed by atoms with van der Waals surface area (Å²) in [6, 6.07) is 10.8. The maximum absolute atomic E-state index is 12.9. The maximum Gasteiger partial charge on any atom is 0.288 e. The van der Waals surface area contributed by atoms with Gasteiger partial charge < -0.3 is 5.32 Å². The van der Waals surface area contributed by atoms with Crippen LogP contribution in [0.5, 0.6) is 0 Å². The molecule has 2 rings (SSSR count). The molecular weight excluding hydrogens is 307 g/mol. The number of halogens is 4. The molecule has 0 fully saturated rings. The summed E-state index contributed by atoms with van der Waals surface area (Å²) in [6.45, 7) is 0.431. The highest BCUT2D eigenvalue weighted by Gasteiger charge is 2.05. The molecule has 106 valence electrons. The SMILES string of the molecule is Fc1ccc(CNc2ccc(SC(F)F)cc2)c(Cl)c1. The Labute approximate surface area is 124 Å². The molecule has 6 heteroatoms. The number of hydrogen-bond donors (Lipinski definition) is 1. The summed E-state index contributed by atoms with van der Waals surface area (Å²) in [6.07, 6.45) is 0. The van der Waals surface area contributed by atoms with Crippen molar-refractivity contribution >= 4 is 29.1 Å². The third-order valence-electron chi connectivity index (χ3n) is 2.58. The Morgan fingerprint density at radius 2 is 1.80 bits per heavy atom. The fraction of sp³-hybridized carbons (Fsp3) is 0.143. The van der Waals surface area contributed by atoms with Crippen molar-refractivity contribution in [3.05, 3.63) is 58.9 Å². The third-order valence-corrected chi connectivity index (χ3v) is 3.65. The second kappa shape index (κ2) is 6.90. The van der Waals surface area contributed by atoms with Crippen LogP contribution in [-0.2, 0) is 6.54 Å². The smallest absolute Gasteiger partial charge is 0.288 e. The number of rotatable bonds is 5. The Bertz CT molecular complexity index is 575. The van der Waals surface area contributed by atoms with Gasteiger partial charge in [-0.2, -0.15) is 8.78 Å². The van der Waals surface area contributed by atoms with Crippen molar-refractivity contribution in [2.75, 3.05) is 5.32 Å². The summed E-state index contributed by atoms with van der Waals surface area (Å²) < 4.78 is 37.2. The molecule has 0 radical (unpaired) electrons. The van der Waals surface area contributed by atoms with E-state index in [0.29, 0.717) is 28.2 Å². The summed E-state index contributed by atoms with van der Waals surface area (Å²) in [7, 11) is 0. The molecule has 0 saturated heterocycles. The molecule has 2 aromatic carbocycles. The fourth-order valence-electron chi connectivity index (χ4n) is 1.62. The van der Waals surface area contributed by atoms with E-state index in [1.807, 2.05) is 0 Å². The van der Waals surface area contributed by atoms with Crippen LogP contribution in [0.15, 0.2) is 47.4 Å². The van der Waals surface area contributed by atoms with Crippen molar-refractivity contribution in [2.24, 2.45) is 0 Å². The lowest BCUT2D eigenvalue weighted by Crippen LogP contribution is -2.00. The van der Waals surface area contributed by atoms with Crippen molar-refractivity contribution in [1.29, 1.82) is 0 Å². The molecule has 1 nitrogen and oxygen atoms in total. The predicted molar refractivity (Wildman–Crippen MR) is 77.0 cm³/mol. The van der Waals surface area contributed by atoms with Gasteiger partial charge in [0.05, 0.1) is 0 Å². The second-order valence-electron chi connectivity index (χ2n) is 3.99. The van der Waals surface area contributed by atoms with Crippen molar-refractivity contribution < 1.29 is 13.2 Å². The molecule has 0 unspecified atom stereocenters. The van der Waals surface area contributed by atoms with Gasteiger partial charge in [-0.15, -0.1) is 0 Å². The summed E-state index contributed by atoms with van der Waals surface area (Å²) in [5.74, 6) is -2.81. The molecule has 0 atom stereocenters. The van der Waals surface area contributed by atoms with Gasteiger partial charge in [0.25, 0.3) is 5.76 Å². The monoisotopic (exact) mass is 317 g/mol. The van der Waals surface area contributed by atoms with E-state index in [-0.39, 0.29) is 5.82 Å². The van der Waals surface area contributed by atoms with Crippen LogP contribution in [0.4, 0.5) is 18.9 Å². The van der Waals surface area contributed by atoms with Gasteiger partial charge >= 0.3 is 0 Å². The molecule has 1 N–H and O–H groups in total. The molecule has 0 spiro atoms. The number of alkyl halides is 2. The van der Waals surface area contributed by atoms with Crippen LogP contribution in [0, 0.1) is 5.82 Å². The van der Waals surface area contributed by atoms with Crippen LogP contribution in [0.1, 0.15) is 5.56 Å². The largest absolute Gasteiger partial charge is 0.381 e. The van der Waals surface area contributed by atoms with E-state index in [9.17, 15) is 13.2 Å². The molecule has 0 aliphatic rings. The van der Waals surface area contributed by atoms with Gasteiger partial charge in [0.15, 0.2) is 0 Å². The van der Waals surface area contributed by atoms with Crippen LogP contribution >= 0.6 is 23.4 Å². The van der Waals surface area contributed by atoms with Crippen molar-refractivity contribution in [3.8, 4) is 0 Å². The highest BCUT2D eigenvalue weighted by molar-refractivity contribution is 7.99. The minimum absolute atomic E-state index is 0.349. The Morgan fingerprint density at radius 3 is 2.40 bits per heavy atom. The topological polar surface area (TPSA) is 12.0 Å². The van der Waals surface area contributed by atoms with Gasteiger partial charge in [-0.3, -0.25) is 0 Å². The number of hydrogen-bond acceptors (Lipinski definition) is 2. The van der Waals surface area contributed by atoms with Crippen LogP contribution < -0.4 is 5.32 Å². The summed E-state index contributed by atoms with van der Waals surface area (Å²) >= 11 is 6.41. The quantitative estimate of drug-likeness (QED) is 0.740. The van der Waals surface area contributed by atoms with Crippen LogP contribution in [0.25, 0.3) is 0 Å². The van der Waals surface area contributed by atoms with Crippen LogP contribution in [0.3, 0.4) is 0 Å². The summed E-state index contributed by atoms with van der Waals surface area (Å²) in [4.78, 5) is 0.505. The van der Waals surface area contributed by atoms with Crippen molar-refractivity contribution in [1.82, 2.24) is 0 Å². The summed E-state index contributed by atoms with van der Waals surface area (Å²) in [5, 5.41) is 3.45. The maximum atomic E-state index is 12.9. The Balaban J connectivity index is 1.96. The number of anilines is 1. The molecular formula is C14H11ClF3NS. The lowest BCUT2D eigenvalue weighted by Gasteiger charge is -2.09. The first kappa shape index (κ1) is 15.1. The standard InChI is InChI=1S/C14H11ClF3NS/c15-13-7-10(16)2-1-9(13)8-19-11-3-5-12(6-4-11)20-14(17)18/h1-7,14,19H,8H2. The predicted octanol–water partition coefficient (Wildman–Crippen LogP) is 5.41. The van der Waals surface area contributed by atoms with Crippen LogP contribution in [-0.4, -0.2) is 5.76 Å². The van der Waals surface area contributed by atoms with Crippen molar-refractivity contribution in [3.63, 3.8) is 0 Å². The van der Waals surface area contributed by atoms with E-state index in [1.54, 1.807) is 30.3 Å². The van der Waals surface area contributed by atoms with E-state index in [0.717, 1.165) is 11.3 Å². The minimum atomic E-state index is -2.42. The Hall–Kier alpha value is -1.33. The van der Waals surface area contributed by atoms with Gasteiger partial charge in [0.1, 0.15) is 5.82 Å². The van der Waals surface area contributed by atoms with Gasteiger partial charge in [0, 0.05) is 22.2 Å². The molecule has 0 bridgehead atoms. The molecule has 0 heterocycles. The molecule has 20 heavy (non-hydrogen) atoms. The normalized spacial score (nSPS) is 10.8. The summed E-state index contributed by atoms with van der Waals surface area (Å²) in [5.41, 5.74) is 1.54. The Morgan fingerprint density at radius 1 is 1.10 bits per heavy atom. The molecule has 0 saturated carbocycles. The first-order chi connectivity index (χ1) is 9.54. The Kier molecular flexibility index (Phi) is 5.20. The van der Waals surface area contributed by atoms with E-state index in [4.69, 9.17) is 11.6 Å². The van der Waals surface area contributed by atoms with E-state index < -0.39 is 5.76 Å². The highest BCUT2D eigenvalue weighted by Crippen LogP contribution is 2.26. The van der Waals surface area contributed by atoms with Gasteiger partial charge in [0.2, 0.25) is 0 Å². The zero-order valence-corrected chi connectivity index (χ0v) is 11.8. The van der Waals surface area contributed by atoms with Crippen molar-refractivity contribution in [2.45, 2.75) is 17.2 Å². The number of thioether (sulfide) groups is 1. The third kappa shape index (κ3) is 4.35. The lowest BCUT2D eigenvalue weighted by molar-refractivity contribution is 0.252.